The quantitative estimate of drug-likeness (QED) is 0.868. The molecule has 1 N–H and O–H groups in total. The summed E-state index contributed by atoms with van der Waals surface area (Å²) < 4.78 is 1.00. The van der Waals surface area contributed by atoms with E-state index >= 15 is 0 Å². The van der Waals surface area contributed by atoms with Gasteiger partial charge in [-0.05, 0) is 26.0 Å². The number of nitrogens with zero attached hydrogens (tertiary/aromatic N) is 1. The van der Waals surface area contributed by atoms with Crippen LogP contribution in [0.2, 0.25) is 0 Å². The Morgan fingerprint density at radius 1 is 1.31 bits per heavy atom. The summed E-state index contributed by atoms with van der Waals surface area (Å²) in [5.41, 5.74) is 0.937. The van der Waals surface area contributed by atoms with Gasteiger partial charge in [-0.25, -0.2) is 4.84 Å². The molecule has 0 fully saturated rings. The molecule has 16 heavy (non-hydrogen) atoms. The van der Waals surface area contributed by atoms with Crippen molar-refractivity contribution in [3.05, 3.63) is 39.2 Å². The van der Waals surface area contributed by atoms with Crippen LogP contribution in [-0.2, 0) is 11.4 Å². The number of hydrogen-bond acceptors (Lipinski definition) is 3. The third kappa shape index (κ3) is 7.36. The molecule has 5 heteroatoms. The van der Waals surface area contributed by atoms with Gasteiger partial charge in [-0.3, -0.25) is 0 Å². The minimum absolute atomic E-state index is 0.250. The highest BCUT2D eigenvalue weighted by Crippen LogP contribution is 2.10. The maximum Gasteiger partial charge on any atom is 0.273 e. The second-order valence-electron chi connectivity index (χ2n) is 2.85. The molecule has 0 aliphatic carbocycles. The van der Waals surface area contributed by atoms with Gasteiger partial charge in [-0.2, -0.15) is 0 Å². The Labute approximate surface area is 104 Å². The van der Waals surface area contributed by atoms with Gasteiger partial charge >= 0.3 is 0 Å². The fourth-order valence-electron chi connectivity index (χ4n) is 0.929. The SMILES string of the molecule is CCO.CCO[N+](=O)Cc1ccc(Br)cc1. The monoisotopic (exact) mass is 290 g/mol. The summed E-state index contributed by atoms with van der Waals surface area (Å²) in [4.78, 5) is 16.3. The molecule has 0 radical (unpaired) electrons. The summed E-state index contributed by atoms with van der Waals surface area (Å²) in [5.74, 6) is 0. The van der Waals surface area contributed by atoms with Crippen molar-refractivity contribution in [3.8, 4) is 0 Å². The summed E-state index contributed by atoms with van der Waals surface area (Å²) in [5, 5.41) is 7.57. The molecule has 0 saturated heterocycles. The van der Waals surface area contributed by atoms with Crippen molar-refractivity contribution in [2.75, 3.05) is 13.2 Å². The third-order valence-electron chi connectivity index (χ3n) is 1.50. The number of aliphatic hydroxyl groups is 1. The van der Waals surface area contributed by atoms with E-state index in [4.69, 9.17) is 9.94 Å². The van der Waals surface area contributed by atoms with Gasteiger partial charge in [0.1, 0.15) is 0 Å². The van der Waals surface area contributed by atoms with Gasteiger partial charge in [-0.1, -0.05) is 28.1 Å². The fraction of sp³-hybridized carbons (Fsp3) is 0.455. The minimum Gasteiger partial charge on any atom is -0.397 e. The summed E-state index contributed by atoms with van der Waals surface area (Å²) in [7, 11) is 0. The smallest absolute Gasteiger partial charge is 0.273 e. The molecule has 0 unspecified atom stereocenters. The zero-order chi connectivity index (χ0) is 12.4. The Bertz CT molecular complexity index is 301. The van der Waals surface area contributed by atoms with E-state index in [1.165, 1.54) is 0 Å². The molecule has 0 aliphatic rings. The van der Waals surface area contributed by atoms with Crippen LogP contribution in [0.25, 0.3) is 0 Å². The standard InChI is InChI=1S/C9H11BrNO2.C2H6O/c1-2-13-11(12)7-8-3-5-9(10)6-4-8;1-2-3/h3-6H,2,7H2,1H3;3H,2H2,1H3/q+1;. The highest BCUT2D eigenvalue weighted by atomic mass is 79.9. The highest BCUT2D eigenvalue weighted by Gasteiger charge is 2.09. The first kappa shape index (κ1) is 15.1. The van der Waals surface area contributed by atoms with Gasteiger partial charge in [0.15, 0.2) is 6.61 Å². The molecule has 0 aromatic heterocycles. The number of aliphatic hydroxyl groups excluding tert-OH is 1. The van der Waals surface area contributed by atoms with Gasteiger partial charge in [0.2, 0.25) is 4.92 Å². The van der Waals surface area contributed by atoms with Crippen molar-refractivity contribution in [2.24, 2.45) is 0 Å². The molecule has 0 spiro atoms. The van der Waals surface area contributed by atoms with E-state index in [0.717, 1.165) is 10.0 Å². The Morgan fingerprint density at radius 2 is 1.81 bits per heavy atom. The average Bonchev–Trinajstić information content (AvgIpc) is 2.23. The van der Waals surface area contributed by atoms with E-state index in [0.29, 0.717) is 11.5 Å². The fourth-order valence-corrected chi connectivity index (χ4v) is 1.19. The van der Waals surface area contributed by atoms with Gasteiger partial charge in [0, 0.05) is 16.6 Å². The number of halogens is 1. The summed E-state index contributed by atoms with van der Waals surface area (Å²) in [6, 6.07) is 7.56. The number of rotatable bonds is 4. The van der Waals surface area contributed by atoms with Gasteiger partial charge < -0.3 is 5.11 Å². The lowest BCUT2D eigenvalue weighted by Crippen LogP contribution is -2.08. The van der Waals surface area contributed by atoms with Crippen molar-refractivity contribution in [1.82, 2.24) is 0 Å². The van der Waals surface area contributed by atoms with Crippen LogP contribution < -0.4 is 0 Å². The molecule has 4 nitrogen and oxygen atoms in total. The van der Waals surface area contributed by atoms with Crippen LogP contribution >= 0.6 is 15.9 Å². The molecule has 1 aromatic carbocycles. The van der Waals surface area contributed by atoms with Gasteiger partial charge in [-0.15, -0.1) is 0 Å². The highest BCUT2D eigenvalue weighted by molar-refractivity contribution is 9.10. The lowest BCUT2D eigenvalue weighted by atomic mass is 10.2. The maximum atomic E-state index is 11.0. The summed E-state index contributed by atoms with van der Waals surface area (Å²) >= 11 is 3.32. The Kier molecular flexibility index (Phi) is 8.75. The third-order valence-corrected chi connectivity index (χ3v) is 2.03. The molecule has 0 bridgehead atoms. The van der Waals surface area contributed by atoms with Crippen molar-refractivity contribution in [1.29, 1.82) is 0 Å². The van der Waals surface area contributed by atoms with E-state index in [2.05, 4.69) is 15.9 Å². The average molecular weight is 291 g/mol. The Hall–Kier alpha value is -0.940. The van der Waals surface area contributed by atoms with Crippen molar-refractivity contribution in [2.45, 2.75) is 20.4 Å². The molecule has 1 aromatic rings. The van der Waals surface area contributed by atoms with Crippen LogP contribution in [0.4, 0.5) is 0 Å². The summed E-state index contributed by atoms with van der Waals surface area (Å²) in [6.07, 6.45) is 0. The predicted octanol–water partition coefficient (Wildman–Crippen LogP) is 2.68. The van der Waals surface area contributed by atoms with Crippen LogP contribution in [-0.4, -0.2) is 23.2 Å². The first-order chi connectivity index (χ1) is 7.63. The molecule has 0 aliphatic heterocycles. The zero-order valence-electron chi connectivity index (χ0n) is 9.52. The zero-order valence-corrected chi connectivity index (χ0v) is 11.1. The number of hydrogen-bond donors (Lipinski definition) is 1. The molecular formula is C11H17BrNO3+. The van der Waals surface area contributed by atoms with Crippen molar-refractivity contribution in [3.63, 3.8) is 0 Å². The van der Waals surface area contributed by atoms with E-state index in [1.807, 2.05) is 24.3 Å². The molecule has 0 saturated carbocycles. The number of benzene rings is 1. The molecule has 1 rings (SSSR count). The second-order valence-corrected chi connectivity index (χ2v) is 3.77. The normalized spacial score (nSPS) is 9.00. The molecule has 90 valence electrons. The Balaban J connectivity index is 0.000000673. The topological polar surface area (TPSA) is 49.5 Å². The lowest BCUT2D eigenvalue weighted by Gasteiger charge is -1.94. The Morgan fingerprint density at radius 3 is 2.25 bits per heavy atom. The first-order valence-electron chi connectivity index (χ1n) is 5.06. The lowest BCUT2D eigenvalue weighted by molar-refractivity contribution is -0.814. The molecule has 0 amide bonds. The molecule has 0 heterocycles. The van der Waals surface area contributed by atoms with Crippen molar-refractivity contribution < 1.29 is 14.9 Å². The summed E-state index contributed by atoms with van der Waals surface area (Å²) in [6.45, 7) is 4.38. The van der Waals surface area contributed by atoms with E-state index in [1.54, 1.807) is 13.8 Å². The predicted molar refractivity (Wildman–Crippen MR) is 65.9 cm³/mol. The molecular weight excluding hydrogens is 274 g/mol. The second kappa shape index (κ2) is 9.30. The van der Waals surface area contributed by atoms with Crippen LogP contribution in [0, 0.1) is 4.91 Å². The van der Waals surface area contributed by atoms with E-state index < -0.39 is 0 Å². The maximum absolute atomic E-state index is 11.0. The van der Waals surface area contributed by atoms with Crippen LogP contribution in [0.5, 0.6) is 0 Å². The largest absolute Gasteiger partial charge is 0.397 e. The minimum atomic E-state index is 0.250. The van der Waals surface area contributed by atoms with E-state index in [-0.39, 0.29) is 13.2 Å². The first-order valence-corrected chi connectivity index (χ1v) is 5.86. The van der Waals surface area contributed by atoms with Crippen molar-refractivity contribution >= 4 is 15.9 Å². The molecule has 0 atom stereocenters. The van der Waals surface area contributed by atoms with Gasteiger partial charge in [0.05, 0.1) is 4.91 Å². The van der Waals surface area contributed by atoms with E-state index in [9.17, 15) is 4.91 Å². The van der Waals surface area contributed by atoms with Crippen LogP contribution in [0.3, 0.4) is 0 Å². The van der Waals surface area contributed by atoms with Gasteiger partial charge in [0.25, 0.3) is 6.54 Å². The van der Waals surface area contributed by atoms with Crippen LogP contribution in [0.15, 0.2) is 28.7 Å². The van der Waals surface area contributed by atoms with Crippen LogP contribution in [0.1, 0.15) is 19.4 Å².